The minimum Gasteiger partial charge on any atom is -0.480 e. The van der Waals surface area contributed by atoms with Crippen molar-refractivity contribution in [1.29, 1.82) is 0 Å². The number of hydrogen-bond acceptors (Lipinski definition) is 2. The van der Waals surface area contributed by atoms with Gasteiger partial charge in [0.05, 0.1) is 0 Å². The van der Waals surface area contributed by atoms with Gasteiger partial charge in [-0.05, 0) is 13.5 Å². The van der Waals surface area contributed by atoms with Crippen LogP contribution in [-0.4, -0.2) is 41.8 Å². The first-order chi connectivity index (χ1) is 4.63. The number of hydrogen-bond donors (Lipinski definition) is 1. The maximum Gasteiger partial charge on any atom is 0.323 e. The number of aliphatic carboxylic acids is 1. The fourth-order valence-electron chi connectivity index (χ4n) is 1.24. The summed E-state index contributed by atoms with van der Waals surface area (Å²) in [5.74, 6) is -1.06. The van der Waals surface area contributed by atoms with Crippen LogP contribution in [0.5, 0.6) is 0 Å². The van der Waals surface area contributed by atoms with Crippen LogP contribution in [0.25, 0.3) is 0 Å². The van der Waals surface area contributed by atoms with Crippen molar-refractivity contribution >= 4 is 5.97 Å². The molecule has 0 saturated carbocycles. The van der Waals surface area contributed by atoms with Crippen LogP contribution in [0.4, 0.5) is 4.39 Å². The Balaban J connectivity index is 2.63. The number of nitrogens with zero attached hydrogens (tertiary/aromatic N) is 1. The summed E-state index contributed by atoms with van der Waals surface area (Å²) in [4.78, 5) is 11.9. The third-order valence-electron chi connectivity index (χ3n) is 1.83. The SMILES string of the molecule is CN1CCC(F)[C@H]1C(=O)O. The van der Waals surface area contributed by atoms with Gasteiger partial charge in [0.15, 0.2) is 0 Å². The summed E-state index contributed by atoms with van der Waals surface area (Å²) in [7, 11) is 1.62. The predicted molar refractivity (Wildman–Crippen MR) is 33.6 cm³/mol. The van der Waals surface area contributed by atoms with E-state index in [0.717, 1.165) is 0 Å². The second kappa shape index (κ2) is 2.54. The smallest absolute Gasteiger partial charge is 0.323 e. The molecule has 2 atom stereocenters. The molecule has 0 bridgehead atoms. The lowest BCUT2D eigenvalue weighted by molar-refractivity contribution is -0.143. The summed E-state index contributed by atoms with van der Waals surface area (Å²) in [6.07, 6.45) is -0.851. The highest BCUT2D eigenvalue weighted by molar-refractivity contribution is 5.74. The highest BCUT2D eigenvalue weighted by Crippen LogP contribution is 2.18. The van der Waals surface area contributed by atoms with Gasteiger partial charge in [0.25, 0.3) is 0 Å². The Kier molecular flexibility index (Phi) is 1.89. The molecule has 58 valence electrons. The molecule has 1 heterocycles. The highest BCUT2D eigenvalue weighted by atomic mass is 19.1. The zero-order valence-corrected chi connectivity index (χ0v) is 5.75. The lowest BCUT2D eigenvalue weighted by atomic mass is 10.2. The molecule has 1 saturated heterocycles. The fourth-order valence-corrected chi connectivity index (χ4v) is 1.24. The van der Waals surface area contributed by atoms with Crippen molar-refractivity contribution in [1.82, 2.24) is 4.90 Å². The number of halogens is 1. The first kappa shape index (κ1) is 7.47. The summed E-state index contributed by atoms with van der Waals surface area (Å²) in [6, 6.07) is -0.917. The summed E-state index contributed by atoms with van der Waals surface area (Å²) in [6.45, 7) is 0.540. The fraction of sp³-hybridized carbons (Fsp3) is 0.833. The van der Waals surface area contributed by atoms with Crippen LogP contribution in [0.3, 0.4) is 0 Å². The van der Waals surface area contributed by atoms with Gasteiger partial charge >= 0.3 is 5.97 Å². The molecular weight excluding hydrogens is 137 g/mol. The highest BCUT2D eigenvalue weighted by Gasteiger charge is 2.37. The first-order valence-electron chi connectivity index (χ1n) is 3.20. The van der Waals surface area contributed by atoms with Gasteiger partial charge in [-0.15, -0.1) is 0 Å². The van der Waals surface area contributed by atoms with Gasteiger partial charge < -0.3 is 5.11 Å². The molecule has 0 spiro atoms. The summed E-state index contributed by atoms with van der Waals surface area (Å²) in [5, 5.41) is 8.47. The molecule has 1 N–H and O–H groups in total. The van der Waals surface area contributed by atoms with Gasteiger partial charge in [0, 0.05) is 6.54 Å². The van der Waals surface area contributed by atoms with Gasteiger partial charge in [0.2, 0.25) is 0 Å². The van der Waals surface area contributed by atoms with Gasteiger partial charge in [-0.2, -0.15) is 0 Å². The van der Waals surface area contributed by atoms with Crippen LogP contribution in [0.2, 0.25) is 0 Å². The van der Waals surface area contributed by atoms with E-state index in [1.54, 1.807) is 7.05 Å². The molecule has 0 amide bonds. The van der Waals surface area contributed by atoms with Crippen LogP contribution in [0, 0.1) is 0 Å². The Hall–Kier alpha value is -0.640. The number of likely N-dealkylation sites (tertiary alicyclic amines) is 1. The normalized spacial score (nSPS) is 34.6. The topological polar surface area (TPSA) is 40.5 Å². The van der Waals surface area contributed by atoms with E-state index in [9.17, 15) is 9.18 Å². The van der Waals surface area contributed by atoms with Crippen LogP contribution < -0.4 is 0 Å². The minimum atomic E-state index is -1.19. The molecule has 0 radical (unpaired) electrons. The average Bonchev–Trinajstić information content (AvgIpc) is 2.11. The average molecular weight is 147 g/mol. The van der Waals surface area contributed by atoms with Crippen molar-refractivity contribution in [2.24, 2.45) is 0 Å². The van der Waals surface area contributed by atoms with Crippen molar-refractivity contribution in [3.63, 3.8) is 0 Å². The Labute approximate surface area is 58.4 Å². The number of rotatable bonds is 1. The monoisotopic (exact) mass is 147 g/mol. The van der Waals surface area contributed by atoms with E-state index < -0.39 is 18.2 Å². The van der Waals surface area contributed by atoms with Gasteiger partial charge in [-0.1, -0.05) is 0 Å². The molecule has 0 aliphatic carbocycles. The molecule has 3 nitrogen and oxygen atoms in total. The second-order valence-electron chi connectivity index (χ2n) is 2.57. The van der Waals surface area contributed by atoms with Crippen molar-refractivity contribution in [2.75, 3.05) is 13.6 Å². The molecule has 4 heteroatoms. The van der Waals surface area contributed by atoms with Crippen LogP contribution in [0.1, 0.15) is 6.42 Å². The van der Waals surface area contributed by atoms with E-state index >= 15 is 0 Å². The quantitative estimate of drug-likeness (QED) is 0.572. The molecule has 1 aliphatic heterocycles. The van der Waals surface area contributed by atoms with Crippen LogP contribution >= 0.6 is 0 Å². The third-order valence-corrected chi connectivity index (χ3v) is 1.83. The molecule has 1 unspecified atom stereocenters. The maximum atomic E-state index is 12.7. The Morgan fingerprint density at radius 3 is 2.60 bits per heavy atom. The number of likely N-dealkylation sites (N-methyl/N-ethyl adjacent to an activating group) is 1. The Morgan fingerprint density at radius 2 is 2.40 bits per heavy atom. The van der Waals surface area contributed by atoms with Crippen molar-refractivity contribution in [3.05, 3.63) is 0 Å². The van der Waals surface area contributed by atoms with E-state index in [4.69, 9.17) is 5.11 Å². The van der Waals surface area contributed by atoms with Crippen LogP contribution in [-0.2, 0) is 4.79 Å². The number of carboxylic acids is 1. The Bertz CT molecular complexity index is 141. The van der Waals surface area contributed by atoms with E-state index in [2.05, 4.69) is 0 Å². The Morgan fingerprint density at radius 1 is 1.80 bits per heavy atom. The van der Waals surface area contributed by atoms with Gasteiger partial charge in [0.1, 0.15) is 12.2 Å². The number of carbonyl (C=O) groups is 1. The van der Waals surface area contributed by atoms with E-state index in [0.29, 0.717) is 13.0 Å². The molecule has 1 rings (SSSR count). The number of alkyl halides is 1. The van der Waals surface area contributed by atoms with Gasteiger partial charge in [-0.3, -0.25) is 9.69 Å². The standard InChI is InChI=1S/C6H10FNO2/c1-8-3-2-4(7)5(8)6(9)10/h4-5H,2-3H2,1H3,(H,9,10)/t4?,5-/m0/s1. The first-order valence-corrected chi connectivity index (χ1v) is 3.20. The van der Waals surface area contributed by atoms with E-state index in [-0.39, 0.29) is 0 Å². The molecule has 0 aromatic rings. The molecular formula is C6H10FNO2. The molecule has 1 aliphatic rings. The molecule has 10 heavy (non-hydrogen) atoms. The maximum absolute atomic E-state index is 12.7. The lowest BCUT2D eigenvalue weighted by Crippen LogP contribution is -2.37. The van der Waals surface area contributed by atoms with Crippen molar-refractivity contribution in [2.45, 2.75) is 18.6 Å². The zero-order chi connectivity index (χ0) is 7.72. The van der Waals surface area contributed by atoms with Crippen LogP contribution in [0.15, 0.2) is 0 Å². The second-order valence-corrected chi connectivity index (χ2v) is 2.57. The van der Waals surface area contributed by atoms with E-state index in [1.165, 1.54) is 4.90 Å². The van der Waals surface area contributed by atoms with E-state index in [1.807, 2.05) is 0 Å². The summed E-state index contributed by atoms with van der Waals surface area (Å²) < 4.78 is 12.7. The predicted octanol–water partition coefficient (Wildman–Crippen LogP) is 0.113. The molecule has 1 fully saturated rings. The molecule has 0 aromatic heterocycles. The molecule has 0 aromatic carbocycles. The lowest BCUT2D eigenvalue weighted by Gasteiger charge is -2.15. The largest absolute Gasteiger partial charge is 0.480 e. The van der Waals surface area contributed by atoms with Crippen molar-refractivity contribution < 1.29 is 14.3 Å². The third kappa shape index (κ3) is 1.11. The van der Waals surface area contributed by atoms with Gasteiger partial charge in [-0.25, -0.2) is 4.39 Å². The van der Waals surface area contributed by atoms with Crippen molar-refractivity contribution in [3.8, 4) is 0 Å². The number of carboxylic acid groups (broad SMARTS) is 1. The summed E-state index contributed by atoms with van der Waals surface area (Å²) in [5.41, 5.74) is 0. The zero-order valence-electron chi connectivity index (χ0n) is 5.75. The summed E-state index contributed by atoms with van der Waals surface area (Å²) >= 11 is 0. The minimum absolute atomic E-state index is 0.341.